The highest BCUT2D eigenvalue weighted by Gasteiger charge is 2.22. The van der Waals surface area contributed by atoms with Crippen molar-refractivity contribution in [1.29, 1.82) is 0 Å². The fourth-order valence-corrected chi connectivity index (χ4v) is 6.33. The number of carboxylic acid groups (broad SMARTS) is 5. The van der Waals surface area contributed by atoms with Gasteiger partial charge in [-0.25, -0.2) is 0 Å². The van der Waals surface area contributed by atoms with Crippen molar-refractivity contribution in [2.75, 3.05) is 164 Å². The normalized spacial score (nSPS) is 20.7. The number of carboxylic acids is 5. The molecule has 2 unspecified atom stereocenters. The number of nitrogens with one attached hydrogen (secondary N) is 2. The van der Waals surface area contributed by atoms with Gasteiger partial charge in [-0.3, -0.25) is 58.3 Å². The Morgan fingerprint density at radius 1 is 0.436 bits per heavy atom. The molecule has 2 heterocycles. The van der Waals surface area contributed by atoms with Crippen LogP contribution in [0.25, 0.3) is 0 Å². The van der Waals surface area contributed by atoms with E-state index in [1.165, 1.54) is 0 Å². The fraction of sp³-hybridized carbons (Fsp3) is 0.853. The summed E-state index contributed by atoms with van der Waals surface area (Å²) >= 11 is 0. The zero-order chi connectivity index (χ0) is 41.2. The zero-order valence-corrected chi connectivity index (χ0v) is 32.6. The van der Waals surface area contributed by atoms with Gasteiger partial charge in [0, 0.05) is 131 Å². The van der Waals surface area contributed by atoms with Crippen LogP contribution in [-0.2, 0) is 24.0 Å². The first-order valence-electron chi connectivity index (χ1n) is 19.1. The van der Waals surface area contributed by atoms with Crippen LogP contribution < -0.4 is 10.6 Å². The topological polar surface area (TPSA) is 274 Å². The number of aliphatic hydroxyl groups excluding tert-OH is 2. The first-order valence-corrected chi connectivity index (χ1v) is 19.1. The molecule has 0 aromatic carbocycles. The van der Waals surface area contributed by atoms with Crippen LogP contribution in [0.1, 0.15) is 13.8 Å². The predicted molar refractivity (Wildman–Crippen MR) is 202 cm³/mol. The monoisotopic (exact) mass is 793 g/mol. The SMILES string of the molecule is CC.O=C(O)CN1CCNCCN(CC(O)CNCC(O)CN2CCN(CC(=O)O)CCN(CC(=O)O)CCN(CC(=O)O)CC2)CCN(CC(=O)O)CC1. The molecule has 0 aliphatic carbocycles. The molecule has 2 saturated heterocycles. The van der Waals surface area contributed by atoms with Crippen LogP contribution >= 0.6 is 0 Å². The van der Waals surface area contributed by atoms with Gasteiger partial charge >= 0.3 is 29.8 Å². The van der Waals surface area contributed by atoms with E-state index < -0.39 is 42.1 Å². The first kappa shape index (κ1) is 49.9. The molecule has 21 nitrogen and oxygen atoms in total. The molecule has 2 rings (SSSR count). The van der Waals surface area contributed by atoms with Crippen molar-refractivity contribution in [2.45, 2.75) is 26.1 Å². The Morgan fingerprint density at radius 2 is 0.655 bits per heavy atom. The zero-order valence-electron chi connectivity index (χ0n) is 32.6. The van der Waals surface area contributed by atoms with E-state index in [9.17, 15) is 59.7 Å². The van der Waals surface area contributed by atoms with E-state index in [4.69, 9.17) is 0 Å². The molecule has 0 amide bonds. The third-order valence-corrected chi connectivity index (χ3v) is 9.10. The standard InChI is InChI=1S/C32H61N9O12.C2H6/c42-26(19-35-3-1-33-2-4-36(21-28(44)45)6-10-38(9-5-35)22-29(46)47)17-34-18-27(43)20-37-7-11-39(23-30(48)49)13-15-41(25-32(52)53)16-14-40(12-8-37)24-31(50)51;1-2/h26-27,33-34,42-43H,1-25H2,(H,44,45)(H,46,47)(H,48,49)(H,50,51)(H,52,53);1-2H3. The lowest BCUT2D eigenvalue weighted by Gasteiger charge is -2.33. The average Bonchev–Trinajstić information content (AvgIpc) is 3.09. The van der Waals surface area contributed by atoms with Crippen LogP contribution in [0.2, 0.25) is 0 Å². The van der Waals surface area contributed by atoms with Crippen molar-refractivity contribution in [3.05, 3.63) is 0 Å². The molecule has 9 N–H and O–H groups in total. The summed E-state index contributed by atoms with van der Waals surface area (Å²) in [4.78, 5) is 69.8. The van der Waals surface area contributed by atoms with E-state index in [1.54, 1.807) is 24.5 Å². The summed E-state index contributed by atoms with van der Waals surface area (Å²) in [6.45, 7) is 10.3. The molecule has 0 aromatic rings. The number of β-amino-alcohol motifs (C(OH)–C–C–N with tert-alkyl or cyclic N) is 2. The third kappa shape index (κ3) is 25.6. The van der Waals surface area contributed by atoms with Crippen LogP contribution in [0.5, 0.6) is 0 Å². The molecule has 2 atom stereocenters. The molecule has 0 aromatic heterocycles. The van der Waals surface area contributed by atoms with Gasteiger partial charge in [-0.2, -0.15) is 0 Å². The lowest BCUT2D eigenvalue weighted by molar-refractivity contribution is -0.140. The molecule has 55 heavy (non-hydrogen) atoms. The van der Waals surface area contributed by atoms with Crippen molar-refractivity contribution in [3.63, 3.8) is 0 Å². The molecule has 320 valence electrons. The first-order chi connectivity index (χ1) is 26.2. The molecule has 21 heteroatoms. The van der Waals surface area contributed by atoms with E-state index >= 15 is 0 Å². The number of aliphatic hydroxyl groups is 2. The molecule has 2 fully saturated rings. The maximum absolute atomic E-state index is 11.5. The molecule has 0 bridgehead atoms. The van der Waals surface area contributed by atoms with Gasteiger partial charge in [0.05, 0.1) is 44.9 Å². The quantitative estimate of drug-likeness (QED) is 0.0633. The van der Waals surface area contributed by atoms with E-state index in [2.05, 4.69) is 10.6 Å². The highest BCUT2D eigenvalue weighted by atomic mass is 16.4. The number of rotatable bonds is 18. The van der Waals surface area contributed by atoms with Crippen LogP contribution in [0.3, 0.4) is 0 Å². The second-order valence-corrected chi connectivity index (χ2v) is 13.7. The van der Waals surface area contributed by atoms with E-state index in [-0.39, 0.29) is 65.4 Å². The Kier molecular flexibility index (Phi) is 26.5. The number of hydrogen-bond acceptors (Lipinski definition) is 16. The van der Waals surface area contributed by atoms with Gasteiger partial charge in [0.15, 0.2) is 0 Å². The van der Waals surface area contributed by atoms with Gasteiger partial charge in [-0.1, -0.05) is 13.8 Å². The van der Waals surface area contributed by atoms with Crippen molar-refractivity contribution >= 4 is 29.8 Å². The lowest BCUT2D eigenvalue weighted by Crippen LogP contribution is -2.50. The summed E-state index contributed by atoms with van der Waals surface area (Å²) in [6.07, 6.45) is -1.66. The predicted octanol–water partition coefficient (Wildman–Crippen LogP) is -4.52. The largest absolute Gasteiger partial charge is 0.480 e. The van der Waals surface area contributed by atoms with Gasteiger partial charge in [0.25, 0.3) is 0 Å². The minimum Gasteiger partial charge on any atom is -0.480 e. The van der Waals surface area contributed by atoms with Crippen LogP contribution in [0, 0.1) is 0 Å². The molecule has 0 radical (unpaired) electrons. The van der Waals surface area contributed by atoms with Crippen molar-refractivity contribution in [3.8, 4) is 0 Å². The Hall–Kier alpha value is -3.09. The second kappa shape index (κ2) is 29.2. The van der Waals surface area contributed by atoms with Crippen molar-refractivity contribution < 1.29 is 59.7 Å². The van der Waals surface area contributed by atoms with Crippen molar-refractivity contribution in [2.24, 2.45) is 0 Å². The highest BCUT2D eigenvalue weighted by molar-refractivity contribution is 5.70. The summed E-state index contributed by atoms with van der Waals surface area (Å²) < 4.78 is 0. The summed E-state index contributed by atoms with van der Waals surface area (Å²) in [6, 6.07) is 0. The summed E-state index contributed by atoms with van der Waals surface area (Å²) in [7, 11) is 0. The Bertz CT molecular complexity index is 1100. The molecule has 2 aliphatic heterocycles. The minimum atomic E-state index is -1.03. The Morgan fingerprint density at radius 3 is 0.927 bits per heavy atom. The minimum absolute atomic E-state index is 0.131. The molecule has 0 saturated carbocycles. The number of aliphatic carboxylic acids is 5. The van der Waals surface area contributed by atoms with Gasteiger partial charge in [-0.15, -0.1) is 0 Å². The number of carbonyl (C=O) groups is 5. The number of nitrogens with zero attached hydrogens (tertiary/aromatic N) is 7. The van der Waals surface area contributed by atoms with Crippen molar-refractivity contribution in [1.82, 2.24) is 44.9 Å². The van der Waals surface area contributed by atoms with Gasteiger partial charge in [-0.05, 0) is 0 Å². The summed E-state index contributed by atoms with van der Waals surface area (Å²) in [5, 5.41) is 75.1. The average molecular weight is 794 g/mol. The third-order valence-electron chi connectivity index (χ3n) is 9.10. The molecule has 2 aliphatic rings. The van der Waals surface area contributed by atoms with Crippen LogP contribution in [-0.4, -0.2) is 276 Å². The summed E-state index contributed by atoms with van der Waals surface area (Å²) in [5.41, 5.74) is 0. The molecular weight excluding hydrogens is 726 g/mol. The van der Waals surface area contributed by atoms with E-state index in [0.29, 0.717) is 98.2 Å². The smallest absolute Gasteiger partial charge is 0.317 e. The molecular formula is C34H67N9O12. The van der Waals surface area contributed by atoms with Crippen LogP contribution in [0.15, 0.2) is 0 Å². The molecule has 0 spiro atoms. The maximum Gasteiger partial charge on any atom is 0.317 e. The number of hydrogen-bond donors (Lipinski definition) is 9. The van der Waals surface area contributed by atoms with Gasteiger partial charge < -0.3 is 46.4 Å². The van der Waals surface area contributed by atoms with Gasteiger partial charge in [0.1, 0.15) is 0 Å². The highest BCUT2D eigenvalue weighted by Crippen LogP contribution is 2.04. The van der Waals surface area contributed by atoms with Crippen LogP contribution in [0.4, 0.5) is 0 Å². The van der Waals surface area contributed by atoms with E-state index in [0.717, 1.165) is 0 Å². The Balaban J connectivity index is 0.00000743. The van der Waals surface area contributed by atoms with E-state index in [1.807, 2.05) is 23.6 Å². The fourth-order valence-electron chi connectivity index (χ4n) is 6.33. The maximum atomic E-state index is 11.5. The second-order valence-electron chi connectivity index (χ2n) is 13.7. The van der Waals surface area contributed by atoms with Gasteiger partial charge in [0.2, 0.25) is 0 Å². The summed E-state index contributed by atoms with van der Waals surface area (Å²) in [5.74, 6) is -4.99. The lowest BCUT2D eigenvalue weighted by atomic mass is 10.2. The Labute approximate surface area is 324 Å².